The Balaban J connectivity index is 2.13. The molecule has 5 heteroatoms. The van der Waals surface area contributed by atoms with Crippen molar-refractivity contribution < 1.29 is 5.11 Å². The topological polar surface area (TPSA) is 38.0 Å². The van der Waals surface area contributed by atoms with E-state index in [0.717, 1.165) is 26.6 Å². The molecular weight excluding hydrogens is 360 g/mol. The van der Waals surface area contributed by atoms with Crippen LogP contribution in [0.4, 0.5) is 0 Å². The number of hydrogen-bond donors (Lipinski definition) is 1. The molecule has 1 heterocycles. The SMILES string of the molecule is CCn1cc(CC(O)c2cc(Br)cc(Br)c2)cn1. The van der Waals surface area contributed by atoms with Crippen LogP contribution in [0.15, 0.2) is 39.5 Å². The molecule has 96 valence electrons. The maximum atomic E-state index is 10.2. The molecule has 0 aliphatic heterocycles. The molecule has 1 atom stereocenters. The van der Waals surface area contributed by atoms with Crippen molar-refractivity contribution in [3.63, 3.8) is 0 Å². The van der Waals surface area contributed by atoms with Gasteiger partial charge in [-0.3, -0.25) is 4.68 Å². The highest BCUT2D eigenvalue weighted by molar-refractivity contribution is 9.11. The lowest BCUT2D eigenvalue weighted by atomic mass is 10.0. The molecule has 1 aromatic heterocycles. The highest BCUT2D eigenvalue weighted by Gasteiger charge is 2.11. The van der Waals surface area contributed by atoms with Gasteiger partial charge in [0.1, 0.15) is 0 Å². The number of aromatic nitrogens is 2. The summed E-state index contributed by atoms with van der Waals surface area (Å²) in [6, 6.07) is 5.81. The molecule has 2 rings (SSSR count). The minimum absolute atomic E-state index is 0.520. The largest absolute Gasteiger partial charge is 0.388 e. The molecule has 3 nitrogen and oxygen atoms in total. The second-order valence-electron chi connectivity index (χ2n) is 4.13. The van der Waals surface area contributed by atoms with E-state index in [9.17, 15) is 5.11 Å². The second-order valence-corrected chi connectivity index (χ2v) is 5.96. The van der Waals surface area contributed by atoms with Gasteiger partial charge in [-0.1, -0.05) is 31.9 Å². The van der Waals surface area contributed by atoms with E-state index in [1.54, 1.807) is 6.20 Å². The highest BCUT2D eigenvalue weighted by atomic mass is 79.9. The number of aliphatic hydroxyl groups excluding tert-OH is 1. The normalized spacial score (nSPS) is 12.7. The maximum absolute atomic E-state index is 10.2. The van der Waals surface area contributed by atoms with Crippen LogP contribution >= 0.6 is 31.9 Å². The molecule has 1 N–H and O–H groups in total. The van der Waals surface area contributed by atoms with Crippen molar-refractivity contribution in [3.8, 4) is 0 Å². The summed E-state index contributed by atoms with van der Waals surface area (Å²) in [4.78, 5) is 0. The molecule has 0 aliphatic carbocycles. The number of halogens is 2. The summed E-state index contributed by atoms with van der Waals surface area (Å²) < 4.78 is 3.77. The van der Waals surface area contributed by atoms with E-state index in [4.69, 9.17) is 0 Å². The molecule has 1 aromatic carbocycles. The van der Waals surface area contributed by atoms with E-state index in [1.807, 2.05) is 36.0 Å². The van der Waals surface area contributed by atoms with Crippen molar-refractivity contribution in [2.45, 2.75) is 26.0 Å². The van der Waals surface area contributed by atoms with Crippen molar-refractivity contribution in [3.05, 3.63) is 50.7 Å². The van der Waals surface area contributed by atoms with Crippen molar-refractivity contribution in [2.24, 2.45) is 0 Å². The Morgan fingerprint density at radius 1 is 1.28 bits per heavy atom. The fourth-order valence-corrected chi connectivity index (χ4v) is 3.12. The first-order valence-electron chi connectivity index (χ1n) is 5.74. The molecule has 0 bridgehead atoms. The first kappa shape index (κ1) is 13.8. The molecule has 0 saturated heterocycles. The highest BCUT2D eigenvalue weighted by Crippen LogP contribution is 2.26. The van der Waals surface area contributed by atoms with Gasteiger partial charge in [0.05, 0.1) is 12.3 Å². The Bertz CT molecular complexity index is 519. The van der Waals surface area contributed by atoms with Crippen molar-refractivity contribution in [1.29, 1.82) is 0 Å². The molecule has 0 amide bonds. The van der Waals surface area contributed by atoms with Crippen LogP contribution < -0.4 is 0 Å². The summed E-state index contributed by atoms with van der Waals surface area (Å²) in [6.45, 7) is 2.89. The summed E-state index contributed by atoms with van der Waals surface area (Å²) in [6.07, 6.45) is 3.83. The van der Waals surface area contributed by atoms with Crippen LogP contribution in [0.25, 0.3) is 0 Å². The lowest BCUT2D eigenvalue weighted by Gasteiger charge is -2.10. The first-order chi connectivity index (χ1) is 8.58. The van der Waals surface area contributed by atoms with E-state index in [1.165, 1.54) is 0 Å². The van der Waals surface area contributed by atoms with Crippen molar-refractivity contribution in [2.75, 3.05) is 0 Å². The third-order valence-electron chi connectivity index (χ3n) is 2.71. The van der Waals surface area contributed by atoms with Crippen LogP contribution in [-0.2, 0) is 13.0 Å². The number of rotatable bonds is 4. The number of benzene rings is 1. The smallest absolute Gasteiger partial charge is 0.0832 e. The van der Waals surface area contributed by atoms with Crippen LogP contribution in [0, 0.1) is 0 Å². The lowest BCUT2D eigenvalue weighted by molar-refractivity contribution is 0.178. The molecule has 0 saturated carbocycles. The number of nitrogens with zero attached hydrogens (tertiary/aromatic N) is 2. The zero-order chi connectivity index (χ0) is 13.1. The zero-order valence-corrected chi connectivity index (χ0v) is 13.1. The standard InChI is InChI=1S/C13H14Br2N2O/c1-2-17-8-9(7-16-17)3-13(18)10-4-11(14)6-12(15)5-10/h4-8,13,18H,2-3H2,1H3. The van der Waals surface area contributed by atoms with Gasteiger partial charge >= 0.3 is 0 Å². The fraction of sp³-hybridized carbons (Fsp3) is 0.308. The monoisotopic (exact) mass is 372 g/mol. The molecule has 18 heavy (non-hydrogen) atoms. The van der Waals surface area contributed by atoms with Crippen LogP contribution in [0.2, 0.25) is 0 Å². The van der Waals surface area contributed by atoms with Gasteiger partial charge in [-0.05, 0) is 36.2 Å². The quantitative estimate of drug-likeness (QED) is 0.887. The number of aryl methyl sites for hydroxylation is 1. The van der Waals surface area contributed by atoms with Crippen LogP contribution in [0.3, 0.4) is 0 Å². The molecule has 0 fully saturated rings. The van der Waals surface area contributed by atoms with Crippen molar-refractivity contribution >= 4 is 31.9 Å². The molecule has 0 spiro atoms. The average molecular weight is 374 g/mol. The third-order valence-corrected chi connectivity index (χ3v) is 3.63. The Morgan fingerprint density at radius 3 is 2.50 bits per heavy atom. The van der Waals surface area contributed by atoms with E-state index < -0.39 is 6.10 Å². The zero-order valence-electron chi connectivity index (χ0n) is 9.98. The summed E-state index contributed by atoms with van der Waals surface area (Å²) in [5, 5.41) is 14.4. The van der Waals surface area contributed by atoms with Crippen LogP contribution in [0.5, 0.6) is 0 Å². The molecule has 2 aromatic rings. The van der Waals surface area contributed by atoms with Gasteiger partial charge in [0.25, 0.3) is 0 Å². The van der Waals surface area contributed by atoms with Crippen LogP contribution in [0.1, 0.15) is 24.2 Å². The number of hydrogen-bond acceptors (Lipinski definition) is 2. The van der Waals surface area contributed by atoms with Gasteiger partial charge in [-0.25, -0.2) is 0 Å². The van der Waals surface area contributed by atoms with E-state index >= 15 is 0 Å². The second kappa shape index (κ2) is 5.99. The third kappa shape index (κ3) is 3.43. The van der Waals surface area contributed by atoms with Gasteiger partial charge < -0.3 is 5.11 Å². The average Bonchev–Trinajstić information content (AvgIpc) is 2.75. The van der Waals surface area contributed by atoms with Gasteiger partial charge in [-0.15, -0.1) is 0 Å². The van der Waals surface area contributed by atoms with Crippen molar-refractivity contribution in [1.82, 2.24) is 9.78 Å². The van der Waals surface area contributed by atoms with Gasteiger partial charge in [0, 0.05) is 28.1 Å². The summed E-state index contributed by atoms with van der Waals surface area (Å²) in [7, 11) is 0. The lowest BCUT2D eigenvalue weighted by Crippen LogP contribution is -2.01. The predicted octanol–water partition coefficient (Wildman–Crippen LogP) is 3.70. The maximum Gasteiger partial charge on any atom is 0.0832 e. The van der Waals surface area contributed by atoms with Gasteiger partial charge in [0.2, 0.25) is 0 Å². The van der Waals surface area contributed by atoms with Gasteiger partial charge in [-0.2, -0.15) is 5.10 Å². The molecular formula is C13H14Br2N2O. The van der Waals surface area contributed by atoms with E-state index in [2.05, 4.69) is 37.0 Å². The summed E-state index contributed by atoms with van der Waals surface area (Å²) in [5.41, 5.74) is 1.93. The fourth-order valence-electron chi connectivity index (χ4n) is 1.79. The summed E-state index contributed by atoms with van der Waals surface area (Å²) in [5.74, 6) is 0. The Labute approximate surface area is 123 Å². The molecule has 0 aliphatic rings. The minimum Gasteiger partial charge on any atom is -0.388 e. The number of aliphatic hydroxyl groups is 1. The first-order valence-corrected chi connectivity index (χ1v) is 7.32. The minimum atomic E-state index is -0.520. The molecule has 0 radical (unpaired) electrons. The molecule has 1 unspecified atom stereocenters. The Kier molecular flexibility index (Phi) is 4.59. The predicted molar refractivity (Wildman–Crippen MR) is 78.4 cm³/mol. The Morgan fingerprint density at radius 2 is 1.94 bits per heavy atom. The van der Waals surface area contributed by atoms with E-state index in [-0.39, 0.29) is 0 Å². The van der Waals surface area contributed by atoms with Crippen LogP contribution in [-0.4, -0.2) is 14.9 Å². The van der Waals surface area contributed by atoms with Gasteiger partial charge in [0.15, 0.2) is 0 Å². The van der Waals surface area contributed by atoms with E-state index in [0.29, 0.717) is 6.42 Å². The Hall–Kier alpha value is -0.650. The summed E-state index contributed by atoms with van der Waals surface area (Å²) >= 11 is 6.85.